The van der Waals surface area contributed by atoms with E-state index in [1.165, 1.54) is 12.1 Å². The van der Waals surface area contributed by atoms with Gasteiger partial charge in [0.1, 0.15) is 0 Å². The first-order chi connectivity index (χ1) is 6.31. The second-order valence-electron chi connectivity index (χ2n) is 2.22. The van der Waals surface area contributed by atoms with Crippen LogP contribution in [0.1, 0.15) is 0 Å². The highest BCUT2D eigenvalue weighted by atomic mass is 127. The van der Waals surface area contributed by atoms with Crippen molar-refractivity contribution in [2.24, 2.45) is 0 Å². The van der Waals surface area contributed by atoms with E-state index in [9.17, 15) is 13.2 Å². The van der Waals surface area contributed by atoms with Gasteiger partial charge in [0.05, 0.1) is 12.2 Å². The van der Waals surface area contributed by atoms with E-state index in [-0.39, 0.29) is 14.3 Å². The van der Waals surface area contributed by atoms with Gasteiger partial charge in [-0.3, -0.25) is 0 Å². The lowest BCUT2D eigenvalue weighted by molar-refractivity contribution is -0.275. The second kappa shape index (κ2) is 4.60. The summed E-state index contributed by atoms with van der Waals surface area (Å²) in [6, 6.07) is 2.99. The second-order valence-corrected chi connectivity index (χ2v) is 4.87. The molecule has 1 aromatic rings. The first-order valence-corrected chi connectivity index (χ1v) is 5.74. The fraction of sp³-hybridized carbons (Fsp3) is 0.143. The molecule has 0 spiro atoms. The number of ether oxygens (including phenoxy) is 1. The van der Waals surface area contributed by atoms with Gasteiger partial charge in [0.15, 0.2) is 5.75 Å². The summed E-state index contributed by atoms with van der Waals surface area (Å²) < 4.78 is 40.4. The third-order valence-electron chi connectivity index (χ3n) is 1.22. The maximum absolute atomic E-state index is 12.0. The number of halogens is 6. The third kappa shape index (κ3) is 3.30. The molecule has 0 aliphatic heterocycles. The molecule has 1 rings (SSSR count). The minimum atomic E-state index is -4.69. The van der Waals surface area contributed by atoms with Crippen LogP contribution in [0.2, 0.25) is 5.02 Å². The van der Waals surface area contributed by atoms with Crippen molar-refractivity contribution in [2.75, 3.05) is 0 Å². The van der Waals surface area contributed by atoms with Crippen molar-refractivity contribution >= 4 is 56.8 Å². The van der Waals surface area contributed by atoms with Crippen LogP contribution >= 0.6 is 56.8 Å². The Morgan fingerprint density at radius 1 is 1.21 bits per heavy atom. The number of hydrogen-bond donors (Lipinski definition) is 0. The van der Waals surface area contributed by atoms with E-state index >= 15 is 0 Å². The van der Waals surface area contributed by atoms with E-state index in [1.54, 1.807) is 45.2 Å². The van der Waals surface area contributed by atoms with Gasteiger partial charge in [-0.05, 0) is 57.3 Å². The van der Waals surface area contributed by atoms with Crippen LogP contribution in [-0.2, 0) is 0 Å². The number of alkyl halides is 3. The van der Waals surface area contributed by atoms with Crippen molar-refractivity contribution < 1.29 is 17.9 Å². The SMILES string of the molecule is FC(F)(F)Oc1c(I)ccc(Cl)c1I. The lowest BCUT2D eigenvalue weighted by atomic mass is 10.3. The van der Waals surface area contributed by atoms with E-state index in [1.807, 2.05) is 0 Å². The van der Waals surface area contributed by atoms with E-state index in [0.717, 1.165) is 0 Å². The number of hydrogen-bond acceptors (Lipinski definition) is 1. The Kier molecular flexibility index (Phi) is 4.15. The third-order valence-corrected chi connectivity index (χ3v) is 3.77. The highest BCUT2D eigenvalue weighted by Gasteiger charge is 2.33. The Hall–Kier alpha value is 0.560. The van der Waals surface area contributed by atoms with Crippen molar-refractivity contribution in [3.8, 4) is 5.75 Å². The molecule has 0 N–H and O–H groups in total. The monoisotopic (exact) mass is 448 g/mol. The molecule has 7 heteroatoms. The molecular weight excluding hydrogens is 446 g/mol. The molecule has 14 heavy (non-hydrogen) atoms. The average Bonchev–Trinajstić information content (AvgIpc) is 2.04. The van der Waals surface area contributed by atoms with Crippen molar-refractivity contribution in [1.82, 2.24) is 0 Å². The van der Waals surface area contributed by atoms with E-state index < -0.39 is 6.36 Å². The minimum absolute atomic E-state index is 0.241. The molecular formula is C7H2ClF3I2O. The Balaban J connectivity index is 3.13. The van der Waals surface area contributed by atoms with Crippen molar-refractivity contribution in [2.45, 2.75) is 6.36 Å². The predicted molar refractivity (Wildman–Crippen MR) is 63.6 cm³/mol. The van der Waals surface area contributed by atoms with Crippen molar-refractivity contribution in [3.63, 3.8) is 0 Å². The molecule has 78 valence electrons. The standard InChI is InChI=1S/C7H2ClF3I2O/c8-3-1-2-4(12)6(5(3)13)14-7(9,10)11/h1-2H. The molecule has 1 aromatic carbocycles. The number of rotatable bonds is 1. The van der Waals surface area contributed by atoms with Crippen LogP contribution in [0.4, 0.5) is 13.2 Å². The van der Waals surface area contributed by atoms with Gasteiger partial charge in [0, 0.05) is 0 Å². The summed E-state index contributed by atoms with van der Waals surface area (Å²) in [7, 11) is 0. The molecule has 0 aromatic heterocycles. The maximum Gasteiger partial charge on any atom is 0.573 e. The lowest BCUT2D eigenvalue weighted by Crippen LogP contribution is -2.18. The molecule has 0 unspecified atom stereocenters. The average molecular weight is 448 g/mol. The summed E-state index contributed by atoms with van der Waals surface area (Å²) >= 11 is 9.12. The molecule has 1 nitrogen and oxygen atoms in total. The van der Waals surface area contributed by atoms with E-state index in [4.69, 9.17) is 11.6 Å². The molecule has 0 bridgehead atoms. The normalized spacial score (nSPS) is 11.6. The number of benzene rings is 1. The van der Waals surface area contributed by atoms with Crippen LogP contribution in [0, 0.1) is 7.14 Å². The Morgan fingerprint density at radius 3 is 2.29 bits per heavy atom. The van der Waals surface area contributed by atoms with Crippen molar-refractivity contribution in [3.05, 3.63) is 24.3 Å². The highest BCUT2D eigenvalue weighted by Crippen LogP contribution is 2.35. The maximum atomic E-state index is 12.0. The van der Waals surface area contributed by atoms with Crippen LogP contribution in [0.25, 0.3) is 0 Å². The van der Waals surface area contributed by atoms with Gasteiger partial charge in [-0.1, -0.05) is 11.6 Å². The molecule has 0 amide bonds. The molecule has 0 saturated heterocycles. The zero-order valence-electron chi connectivity index (χ0n) is 6.33. The zero-order valence-corrected chi connectivity index (χ0v) is 11.4. The summed E-state index contributed by atoms with van der Waals surface area (Å²) in [4.78, 5) is 0. The molecule has 0 heterocycles. The molecule has 0 fully saturated rings. The van der Waals surface area contributed by atoms with Crippen LogP contribution in [0.5, 0.6) is 5.75 Å². The van der Waals surface area contributed by atoms with E-state index in [0.29, 0.717) is 3.57 Å². The van der Waals surface area contributed by atoms with Crippen LogP contribution in [-0.4, -0.2) is 6.36 Å². The van der Waals surface area contributed by atoms with Crippen LogP contribution < -0.4 is 4.74 Å². The van der Waals surface area contributed by atoms with Gasteiger partial charge >= 0.3 is 6.36 Å². The molecule has 0 atom stereocenters. The van der Waals surface area contributed by atoms with Crippen molar-refractivity contribution in [1.29, 1.82) is 0 Å². The predicted octanol–water partition coefficient (Wildman–Crippen LogP) is 4.45. The highest BCUT2D eigenvalue weighted by molar-refractivity contribution is 14.1. The summed E-state index contributed by atoms with van der Waals surface area (Å²) in [5.41, 5.74) is 0. The molecule has 0 saturated carbocycles. The largest absolute Gasteiger partial charge is 0.573 e. The fourth-order valence-electron chi connectivity index (χ4n) is 0.718. The van der Waals surface area contributed by atoms with Gasteiger partial charge in [-0.25, -0.2) is 0 Å². The molecule has 0 radical (unpaired) electrons. The van der Waals surface area contributed by atoms with Crippen LogP contribution in [0.3, 0.4) is 0 Å². The first-order valence-electron chi connectivity index (χ1n) is 3.20. The summed E-state index contributed by atoms with van der Waals surface area (Å²) in [6.07, 6.45) is -4.69. The Bertz CT molecular complexity index is 354. The van der Waals surface area contributed by atoms with Gasteiger partial charge < -0.3 is 4.74 Å². The first kappa shape index (κ1) is 12.6. The van der Waals surface area contributed by atoms with Gasteiger partial charge in [-0.2, -0.15) is 0 Å². The summed E-state index contributed by atoms with van der Waals surface area (Å²) in [5, 5.41) is 0.241. The fourth-order valence-corrected chi connectivity index (χ4v) is 2.52. The van der Waals surface area contributed by atoms with Gasteiger partial charge in [0.25, 0.3) is 0 Å². The topological polar surface area (TPSA) is 9.23 Å². The lowest BCUT2D eigenvalue weighted by Gasteiger charge is -2.12. The summed E-state index contributed by atoms with van der Waals surface area (Å²) in [5.74, 6) is -0.244. The van der Waals surface area contributed by atoms with Crippen LogP contribution in [0.15, 0.2) is 12.1 Å². The Morgan fingerprint density at radius 2 is 1.79 bits per heavy atom. The Labute approximate surface area is 110 Å². The van der Waals surface area contributed by atoms with E-state index in [2.05, 4.69) is 4.74 Å². The van der Waals surface area contributed by atoms with Gasteiger partial charge in [0.2, 0.25) is 0 Å². The molecule has 0 aliphatic carbocycles. The summed E-state index contributed by atoms with van der Waals surface area (Å²) in [6.45, 7) is 0. The molecule has 0 aliphatic rings. The zero-order chi connectivity index (χ0) is 10.9. The smallest absolute Gasteiger partial charge is 0.403 e. The van der Waals surface area contributed by atoms with Gasteiger partial charge in [-0.15, -0.1) is 13.2 Å². The quantitative estimate of drug-likeness (QED) is 0.456. The minimum Gasteiger partial charge on any atom is -0.403 e.